The zero-order valence-electron chi connectivity index (χ0n) is 10.3. The van der Waals surface area contributed by atoms with Crippen molar-refractivity contribution >= 4 is 0 Å². The van der Waals surface area contributed by atoms with Crippen LogP contribution in [0.15, 0.2) is 12.1 Å². The van der Waals surface area contributed by atoms with Gasteiger partial charge in [0, 0.05) is 24.2 Å². The second-order valence-corrected chi connectivity index (χ2v) is 4.70. The Balaban J connectivity index is 2.00. The van der Waals surface area contributed by atoms with Crippen LogP contribution in [0.1, 0.15) is 18.4 Å². The molecular formula is C13H17F3N2. The minimum Gasteiger partial charge on any atom is -0.317 e. The summed E-state index contributed by atoms with van der Waals surface area (Å²) in [6.45, 7) is 2.01. The van der Waals surface area contributed by atoms with E-state index in [2.05, 4.69) is 10.2 Å². The van der Waals surface area contributed by atoms with Gasteiger partial charge in [-0.25, -0.2) is 13.2 Å². The van der Waals surface area contributed by atoms with Crippen LogP contribution in [-0.4, -0.2) is 31.1 Å². The third-order valence-corrected chi connectivity index (χ3v) is 3.48. The molecule has 0 atom stereocenters. The Hall–Kier alpha value is -1.07. The van der Waals surface area contributed by atoms with Crippen molar-refractivity contribution in [1.29, 1.82) is 0 Å². The van der Waals surface area contributed by atoms with Crippen molar-refractivity contribution in [2.75, 3.05) is 20.1 Å². The van der Waals surface area contributed by atoms with Crippen LogP contribution in [0.25, 0.3) is 0 Å². The van der Waals surface area contributed by atoms with Gasteiger partial charge in [-0.3, -0.25) is 4.90 Å². The second-order valence-electron chi connectivity index (χ2n) is 4.70. The lowest BCUT2D eigenvalue weighted by molar-refractivity contribution is 0.192. The van der Waals surface area contributed by atoms with Gasteiger partial charge in [0.15, 0.2) is 11.6 Å². The standard InChI is InChI=1S/C13H17F3N2/c1-17-10-2-4-18(5-3-10)8-9-6-12(15)13(16)7-11(9)14/h6-7,10,17H,2-5,8H2,1H3. The zero-order valence-corrected chi connectivity index (χ0v) is 10.3. The first kappa shape index (κ1) is 13.4. The second kappa shape index (κ2) is 5.71. The molecule has 2 rings (SSSR count). The molecule has 1 aromatic rings. The molecule has 0 amide bonds. The van der Waals surface area contributed by atoms with Gasteiger partial charge in [-0.2, -0.15) is 0 Å². The van der Waals surface area contributed by atoms with Crippen molar-refractivity contribution in [3.05, 3.63) is 35.1 Å². The summed E-state index contributed by atoms with van der Waals surface area (Å²) in [4.78, 5) is 2.06. The molecule has 1 aromatic carbocycles. The number of halogens is 3. The van der Waals surface area contributed by atoms with E-state index in [9.17, 15) is 13.2 Å². The molecule has 1 aliphatic rings. The summed E-state index contributed by atoms with van der Waals surface area (Å²) in [5.74, 6) is -2.80. The molecule has 0 aliphatic carbocycles. The zero-order chi connectivity index (χ0) is 13.1. The molecular weight excluding hydrogens is 241 g/mol. The molecule has 5 heteroatoms. The smallest absolute Gasteiger partial charge is 0.161 e. The van der Waals surface area contributed by atoms with E-state index < -0.39 is 17.5 Å². The maximum absolute atomic E-state index is 13.5. The minimum atomic E-state index is -1.13. The average molecular weight is 258 g/mol. The van der Waals surface area contributed by atoms with Gasteiger partial charge in [0.25, 0.3) is 0 Å². The highest BCUT2D eigenvalue weighted by Gasteiger charge is 2.19. The van der Waals surface area contributed by atoms with Gasteiger partial charge in [-0.05, 0) is 39.0 Å². The van der Waals surface area contributed by atoms with Gasteiger partial charge in [-0.15, -0.1) is 0 Å². The van der Waals surface area contributed by atoms with E-state index in [-0.39, 0.29) is 5.56 Å². The molecule has 0 saturated carbocycles. The van der Waals surface area contributed by atoms with Gasteiger partial charge in [0.05, 0.1) is 0 Å². The van der Waals surface area contributed by atoms with Crippen molar-refractivity contribution in [2.24, 2.45) is 0 Å². The van der Waals surface area contributed by atoms with Crippen molar-refractivity contribution < 1.29 is 13.2 Å². The van der Waals surface area contributed by atoms with Crippen LogP contribution in [0.4, 0.5) is 13.2 Å². The van der Waals surface area contributed by atoms with Gasteiger partial charge < -0.3 is 5.32 Å². The number of nitrogens with zero attached hydrogens (tertiary/aromatic N) is 1. The van der Waals surface area contributed by atoms with Crippen LogP contribution in [0.3, 0.4) is 0 Å². The molecule has 1 saturated heterocycles. The van der Waals surface area contributed by atoms with Gasteiger partial charge in [-0.1, -0.05) is 0 Å². The highest BCUT2D eigenvalue weighted by atomic mass is 19.2. The van der Waals surface area contributed by atoms with E-state index in [1.165, 1.54) is 0 Å². The maximum Gasteiger partial charge on any atom is 0.161 e. The molecule has 0 unspecified atom stereocenters. The van der Waals surface area contributed by atoms with E-state index in [4.69, 9.17) is 0 Å². The Labute approximate surface area is 105 Å². The molecule has 0 aromatic heterocycles. The number of likely N-dealkylation sites (tertiary alicyclic amines) is 1. The first-order valence-corrected chi connectivity index (χ1v) is 6.13. The van der Waals surface area contributed by atoms with Crippen LogP contribution in [0.2, 0.25) is 0 Å². The Bertz CT molecular complexity index is 415. The number of hydrogen-bond donors (Lipinski definition) is 1. The van der Waals surface area contributed by atoms with Crippen LogP contribution < -0.4 is 5.32 Å². The highest BCUT2D eigenvalue weighted by molar-refractivity contribution is 5.20. The minimum absolute atomic E-state index is 0.219. The molecule has 1 N–H and O–H groups in total. The summed E-state index contributed by atoms with van der Waals surface area (Å²) < 4.78 is 39.3. The lowest BCUT2D eigenvalue weighted by atomic mass is 10.0. The number of piperidine rings is 1. The maximum atomic E-state index is 13.5. The average Bonchev–Trinajstić information content (AvgIpc) is 2.37. The Morgan fingerprint density at radius 3 is 2.33 bits per heavy atom. The molecule has 0 spiro atoms. The molecule has 1 aliphatic heterocycles. The molecule has 0 radical (unpaired) electrons. The largest absolute Gasteiger partial charge is 0.317 e. The summed E-state index contributed by atoms with van der Waals surface area (Å²) in [7, 11) is 1.93. The van der Waals surface area contributed by atoms with Crippen molar-refractivity contribution in [3.8, 4) is 0 Å². The Kier molecular flexibility index (Phi) is 4.24. The Morgan fingerprint density at radius 1 is 1.11 bits per heavy atom. The summed E-state index contributed by atoms with van der Waals surface area (Å²) in [5.41, 5.74) is 0.219. The lowest BCUT2D eigenvalue weighted by Crippen LogP contribution is -2.40. The quantitative estimate of drug-likeness (QED) is 0.837. The first-order valence-electron chi connectivity index (χ1n) is 6.13. The molecule has 1 fully saturated rings. The van der Waals surface area contributed by atoms with E-state index in [0.29, 0.717) is 18.7 Å². The summed E-state index contributed by atoms with van der Waals surface area (Å²) in [5, 5.41) is 3.21. The van der Waals surface area contributed by atoms with E-state index in [0.717, 1.165) is 32.0 Å². The first-order chi connectivity index (χ1) is 8.60. The molecule has 18 heavy (non-hydrogen) atoms. The molecule has 2 nitrogen and oxygen atoms in total. The fourth-order valence-corrected chi connectivity index (χ4v) is 2.31. The molecule has 0 bridgehead atoms. The number of nitrogens with one attached hydrogen (secondary N) is 1. The van der Waals surface area contributed by atoms with Crippen molar-refractivity contribution in [2.45, 2.75) is 25.4 Å². The van der Waals surface area contributed by atoms with Crippen molar-refractivity contribution in [1.82, 2.24) is 10.2 Å². The van der Waals surface area contributed by atoms with E-state index >= 15 is 0 Å². The van der Waals surface area contributed by atoms with Crippen LogP contribution in [-0.2, 0) is 6.54 Å². The van der Waals surface area contributed by atoms with Crippen LogP contribution >= 0.6 is 0 Å². The van der Waals surface area contributed by atoms with Gasteiger partial charge in [0.1, 0.15) is 5.82 Å². The normalized spacial score (nSPS) is 18.2. The third kappa shape index (κ3) is 3.03. The summed E-state index contributed by atoms with van der Waals surface area (Å²) in [6.07, 6.45) is 1.98. The predicted molar refractivity (Wildman–Crippen MR) is 63.7 cm³/mol. The predicted octanol–water partition coefficient (Wildman–Crippen LogP) is 2.29. The fraction of sp³-hybridized carbons (Fsp3) is 0.538. The highest BCUT2D eigenvalue weighted by Crippen LogP contribution is 2.18. The monoisotopic (exact) mass is 258 g/mol. The third-order valence-electron chi connectivity index (χ3n) is 3.48. The molecule has 100 valence electrons. The topological polar surface area (TPSA) is 15.3 Å². The molecule has 1 heterocycles. The fourth-order valence-electron chi connectivity index (χ4n) is 2.31. The van der Waals surface area contributed by atoms with Crippen molar-refractivity contribution in [3.63, 3.8) is 0 Å². The van der Waals surface area contributed by atoms with Crippen LogP contribution in [0.5, 0.6) is 0 Å². The van der Waals surface area contributed by atoms with E-state index in [1.807, 2.05) is 7.05 Å². The number of benzene rings is 1. The summed E-state index contributed by atoms with van der Waals surface area (Å²) in [6, 6.07) is 2.07. The van der Waals surface area contributed by atoms with Crippen LogP contribution in [0, 0.1) is 17.5 Å². The van der Waals surface area contributed by atoms with E-state index in [1.54, 1.807) is 0 Å². The SMILES string of the molecule is CNC1CCN(Cc2cc(F)c(F)cc2F)CC1. The lowest BCUT2D eigenvalue weighted by Gasteiger charge is -2.31. The van der Waals surface area contributed by atoms with Gasteiger partial charge >= 0.3 is 0 Å². The number of rotatable bonds is 3. The number of hydrogen-bond acceptors (Lipinski definition) is 2. The van der Waals surface area contributed by atoms with Gasteiger partial charge in [0.2, 0.25) is 0 Å². The Morgan fingerprint density at radius 2 is 1.72 bits per heavy atom. The summed E-state index contributed by atoms with van der Waals surface area (Å²) >= 11 is 0.